The fraction of sp³-hybridized carbons (Fsp3) is 0.250. The number of anilines is 1. The molecule has 0 radical (unpaired) electrons. The average Bonchev–Trinajstić information content (AvgIpc) is 2.27. The molecule has 0 heterocycles. The minimum atomic E-state index is 0.00623. The van der Waals surface area contributed by atoms with Crippen LogP contribution in [0.25, 0.3) is 0 Å². The number of aryl methyl sites for hydroxylation is 1. The highest BCUT2D eigenvalue weighted by Gasteiger charge is 2.04. The number of benzene rings is 1. The normalized spacial score (nSPS) is 9.81. The smallest absolute Gasteiger partial charge is 0.230 e. The number of hydrogen-bond donors (Lipinski definition) is 2. The first-order chi connectivity index (χ1) is 7.63. The summed E-state index contributed by atoms with van der Waals surface area (Å²) in [5.41, 5.74) is 7.54. The molecule has 1 aromatic carbocycles. The molecule has 1 rings (SSSR count). The number of carbonyl (C=O) groups excluding carboxylic acids is 1. The molecule has 0 unspecified atom stereocenters. The van der Waals surface area contributed by atoms with Gasteiger partial charge in [0.15, 0.2) is 0 Å². The summed E-state index contributed by atoms with van der Waals surface area (Å²) < 4.78 is 0. The fourth-order valence-electron chi connectivity index (χ4n) is 1.15. The van der Waals surface area contributed by atoms with Gasteiger partial charge in [-0.2, -0.15) is 0 Å². The van der Waals surface area contributed by atoms with Gasteiger partial charge in [0, 0.05) is 17.1 Å². The third kappa shape index (κ3) is 3.98. The van der Waals surface area contributed by atoms with E-state index >= 15 is 0 Å². The molecule has 0 aromatic heterocycles. The van der Waals surface area contributed by atoms with E-state index in [1.54, 1.807) is 6.08 Å². The fourth-order valence-corrected chi connectivity index (χ4v) is 2.06. The van der Waals surface area contributed by atoms with Gasteiger partial charge in [-0.15, -0.1) is 18.3 Å². The lowest BCUT2D eigenvalue weighted by Gasteiger charge is -2.06. The molecular weight excluding hydrogens is 220 g/mol. The number of nitrogens with one attached hydrogen (secondary N) is 1. The van der Waals surface area contributed by atoms with Crippen LogP contribution in [0.1, 0.15) is 5.56 Å². The first-order valence-corrected chi connectivity index (χ1v) is 5.98. The minimum Gasteiger partial charge on any atom is -0.399 e. The second-order valence-electron chi connectivity index (χ2n) is 3.41. The lowest BCUT2D eigenvalue weighted by Crippen LogP contribution is -2.24. The minimum absolute atomic E-state index is 0.00623. The molecule has 0 aliphatic carbocycles. The molecule has 0 bridgehead atoms. The zero-order valence-electron chi connectivity index (χ0n) is 9.32. The van der Waals surface area contributed by atoms with Crippen molar-refractivity contribution in [3.05, 3.63) is 36.4 Å². The summed E-state index contributed by atoms with van der Waals surface area (Å²) in [4.78, 5) is 12.4. The quantitative estimate of drug-likeness (QED) is 0.467. The molecule has 0 saturated carbocycles. The van der Waals surface area contributed by atoms with Gasteiger partial charge in [0.05, 0.1) is 5.75 Å². The molecule has 4 heteroatoms. The Morgan fingerprint density at radius 1 is 1.62 bits per heavy atom. The lowest BCUT2D eigenvalue weighted by molar-refractivity contribution is -0.118. The van der Waals surface area contributed by atoms with Crippen molar-refractivity contribution in [1.29, 1.82) is 0 Å². The van der Waals surface area contributed by atoms with Gasteiger partial charge in [0.1, 0.15) is 0 Å². The Kier molecular flexibility index (Phi) is 4.92. The first kappa shape index (κ1) is 12.6. The second-order valence-corrected chi connectivity index (χ2v) is 4.42. The van der Waals surface area contributed by atoms with Crippen LogP contribution in [-0.4, -0.2) is 18.2 Å². The predicted octanol–water partition coefficient (Wildman–Crippen LogP) is 1.97. The topological polar surface area (TPSA) is 55.1 Å². The number of nitrogen functional groups attached to an aromatic ring is 1. The highest BCUT2D eigenvalue weighted by Crippen LogP contribution is 2.24. The molecule has 0 saturated heterocycles. The van der Waals surface area contributed by atoms with Crippen LogP contribution in [0.5, 0.6) is 0 Å². The highest BCUT2D eigenvalue weighted by atomic mass is 32.2. The number of amides is 1. The van der Waals surface area contributed by atoms with Gasteiger partial charge in [-0.25, -0.2) is 0 Å². The molecule has 0 spiro atoms. The van der Waals surface area contributed by atoms with Crippen LogP contribution < -0.4 is 11.1 Å². The van der Waals surface area contributed by atoms with Crippen LogP contribution in [-0.2, 0) is 4.79 Å². The molecule has 3 nitrogen and oxygen atoms in total. The van der Waals surface area contributed by atoms with E-state index in [2.05, 4.69) is 11.9 Å². The Hall–Kier alpha value is -1.42. The molecule has 0 aliphatic heterocycles. The van der Waals surface area contributed by atoms with Gasteiger partial charge in [0.2, 0.25) is 5.91 Å². The molecule has 1 amide bonds. The standard InChI is InChI=1S/C12H16N2OS/c1-3-6-14-12(15)8-16-11-7-10(13)5-4-9(11)2/h3-5,7H,1,6,8,13H2,2H3,(H,14,15). The summed E-state index contributed by atoms with van der Waals surface area (Å²) in [6.07, 6.45) is 1.66. The van der Waals surface area contributed by atoms with E-state index in [1.165, 1.54) is 11.8 Å². The van der Waals surface area contributed by atoms with Crippen LogP contribution in [0.15, 0.2) is 35.7 Å². The van der Waals surface area contributed by atoms with Gasteiger partial charge in [-0.3, -0.25) is 4.79 Å². The predicted molar refractivity (Wildman–Crippen MR) is 69.5 cm³/mol. The summed E-state index contributed by atoms with van der Waals surface area (Å²) in [5.74, 6) is 0.407. The largest absolute Gasteiger partial charge is 0.399 e. The summed E-state index contributed by atoms with van der Waals surface area (Å²) in [7, 11) is 0. The van der Waals surface area contributed by atoms with Gasteiger partial charge in [-0.1, -0.05) is 12.1 Å². The van der Waals surface area contributed by atoms with Crippen LogP contribution in [0, 0.1) is 6.92 Å². The van der Waals surface area contributed by atoms with Crippen molar-refractivity contribution < 1.29 is 4.79 Å². The summed E-state index contributed by atoms with van der Waals surface area (Å²) in [6, 6.07) is 5.71. The van der Waals surface area contributed by atoms with Crippen LogP contribution >= 0.6 is 11.8 Å². The maximum absolute atomic E-state index is 11.4. The van der Waals surface area contributed by atoms with E-state index in [-0.39, 0.29) is 5.91 Å². The van der Waals surface area contributed by atoms with E-state index in [0.717, 1.165) is 16.1 Å². The first-order valence-electron chi connectivity index (χ1n) is 5.00. The molecular formula is C12H16N2OS. The zero-order valence-corrected chi connectivity index (χ0v) is 10.1. The Morgan fingerprint density at radius 3 is 3.06 bits per heavy atom. The molecule has 1 aromatic rings. The van der Waals surface area contributed by atoms with Crippen molar-refractivity contribution in [1.82, 2.24) is 5.32 Å². The Labute approximate surface area is 100 Å². The SMILES string of the molecule is C=CCNC(=O)CSc1cc(N)ccc1C. The summed E-state index contributed by atoms with van der Waals surface area (Å²) in [5, 5.41) is 2.73. The zero-order chi connectivity index (χ0) is 12.0. The van der Waals surface area contributed by atoms with Crippen molar-refractivity contribution >= 4 is 23.4 Å². The Morgan fingerprint density at radius 2 is 2.38 bits per heavy atom. The molecule has 86 valence electrons. The third-order valence-corrected chi connectivity index (χ3v) is 3.17. The second kappa shape index (κ2) is 6.23. The van der Waals surface area contributed by atoms with Gasteiger partial charge in [0.25, 0.3) is 0 Å². The number of thioether (sulfide) groups is 1. The molecule has 0 fully saturated rings. The van der Waals surface area contributed by atoms with Crippen molar-refractivity contribution in [3.63, 3.8) is 0 Å². The van der Waals surface area contributed by atoms with E-state index in [1.807, 2.05) is 25.1 Å². The molecule has 0 aliphatic rings. The van der Waals surface area contributed by atoms with Crippen molar-refractivity contribution in [2.75, 3.05) is 18.0 Å². The van der Waals surface area contributed by atoms with Gasteiger partial charge >= 0.3 is 0 Å². The number of hydrogen-bond acceptors (Lipinski definition) is 3. The van der Waals surface area contributed by atoms with Gasteiger partial charge < -0.3 is 11.1 Å². The number of carbonyl (C=O) groups is 1. The van der Waals surface area contributed by atoms with Crippen LogP contribution in [0.3, 0.4) is 0 Å². The summed E-state index contributed by atoms with van der Waals surface area (Å²) >= 11 is 1.49. The Bertz CT molecular complexity index is 391. The van der Waals surface area contributed by atoms with Gasteiger partial charge in [-0.05, 0) is 24.6 Å². The molecule has 0 atom stereocenters. The molecule has 16 heavy (non-hydrogen) atoms. The monoisotopic (exact) mass is 236 g/mol. The highest BCUT2D eigenvalue weighted by molar-refractivity contribution is 8.00. The lowest BCUT2D eigenvalue weighted by atomic mass is 10.2. The van der Waals surface area contributed by atoms with Crippen LogP contribution in [0.4, 0.5) is 5.69 Å². The summed E-state index contributed by atoms with van der Waals surface area (Å²) in [6.45, 7) is 6.05. The molecule has 3 N–H and O–H groups in total. The van der Waals surface area contributed by atoms with Crippen LogP contribution in [0.2, 0.25) is 0 Å². The maximum atomic E-state index is 11.4. The van der Waals surface area contributed by atoms with Crippen molar-refractivity contribution in [2.45, 2.75) is 11.8 Å². The van der Waals surface area contributed by atoms with E-state index in [4.69, 9.17) is 5.73 Å². The van der Waals surface area contributed by atoms with E-state index in [9.17, 15) is 4.79 Å². The van der Waals surface area contributed by atoms with Crippen molar-refractivity contribution in [2.24, 2.45) is 0 Å². The van der Waals surface area contributed by atoms with E-state index in [0.29, 0.717) is 12.3 Å². The van der Waals surface area contributed by atoms with E-state index < -0.39 is 0 Å². The third-order valence-electron chi connectivity index (χ3n) is 2.01. The van der Waals surface area contributed by atoms with Crippen molar-refractivity contribution in [3.8, 4) is 0 Å². The Balaban J connectivity index is 2.50. The number of nitrogens with two attached hydrogens (primary N) is 1. The average molecular weight is 236 g/mol. The maximum Gasteiger partial charge on any atom is 0.230 e. The number of rotatable bonds is 5.